The summed E-state index contributed by atoms with van der Waals surface area (Å²) < 4.78 is 12.5. The number of pyridine rings is 2. The molecule has 265 valence electrons. The molecule has 5 heteroatoms. The second-order valence-electron chi connectivity index (χ2n) is 15.0. The molecule has 0 saturated carbocycles. The molecule has 0 fully saturated rings. The van der Waals surface area contributed by atoms with Gasteiger partial charge in [-0.25, -0.2) is 0 Å². The van der Waals surface area contributed by atoms with E-state index in [-0.39, 0.29) is 20.1 Å². The van der Waals surface area contributed by atoms with Gasteiger partial charge in [0.25, 0.3) is 0 Å². The van der Waals surface area contributed by atoms with Crippen molar-refractivity contribution in [3.63, 3.8) is 0 Å². The van der Waals surface area contributed by atoms with Crippen LogP contribution in [0.25, 0.3) is 75.0 Å². The first kappa shape index (κ1) is 35.8. The Labute approximate surface area is 334 Å². The molecule has 0 spiro atoms. The van der Waals surface area contributed by atoms with Crippen molar-refractivity contribution in [1.82, 2.24) is 9.97 Å². The molecule has 53 heavy (non-hydrogen) atoms. The number of nitrogens with zero attached hydrogens (tertiary/aromatic N) is 2. The molecular formula is C48H42GeIrN2S-2. The van der Waals surface area contributed by atoms with Crippen molar-refractivity contribution in [2.45, 2.75) is 50.9 Å². The topological polar surface area (TPSA) is 25.8 Å². The second kappa shape index (κ2) is 14.9. The summed E-state index contributed by atoms with van der Waals surface area (Å²) in [5.41, 5.74) is 7.60. The number of thiophene rings is 1. The van der Waals surface area contributed by atoms with Crippen LogP contribution in [0.15, 0.2) is 122 Å². The molecule has 0 atom stereocenters. The number of fused-ring (bicyclic) bond motifs is 9. The van der Waals surface area contributed by atoms with Crippen LogP contribution in [-0.2, 0) is 20.1 Å². The van der Waals surface area contributed by atoms with Crippen molar-refractivity contribution in [2.24, 2.45) is 0 Å². The third kappa shape index (κ3) is 7.11. The standard InChI is InChI=1S/C33H24NS.C15H18GeN.Ir/c1-19(2)21-14-15-34-30(18-21)29-17-22-6-4-5-7-25(22)31-28-13-12-26-24-10-8-20(3)16-23(24)9-11-27(26)32(28)35-33(29)31;1-12-10-15(13-8-6-5-7-9-13)17-11-14(12)16(2,3)4;/h4-16,18-19H,1-3H3;5-8,10-11H,1-4H3;/q2*-1;/i19D;;. The quantitative estimate of drug-likeness (QED) is 0.0998. The average Bonchev–Trinajstić information content (AvgIpc) is 3.54. The van der Waals surface area contributed by atoms with E-state index in [0.717, 1.165) is 33.5 Å². The molecule has 0 aliphatic carbocycles. The van der Waals surface area contributed by atoms with Crippen LogP contribution in [0.3, 0.4) is 0 Å². The normalized spacial score (nSPS) is 12.2. The Kier molecular flexibility index (Phi) is 10.1. The van der Waals surface area contributed by atoms with E-state index in [1.54, 1.807) is 0 Å². The minimum Gasteiger partial charge on any atom is -0.295 e. The van der Waals surface area contributed by atoms with Gasteiger partial charge in [0.1, 0.15) is 0 Å². The summed E-state index contributed by atoms with van der Waals surface area (Å²) in [7, 11) is 0. The monoisotopic (exact) mass is 946 g/mol. The zero-order valence-electron chi connectivity index (χ0n) is 32.2. The second-order valence-corrected chi connectivity index (χ2v) is 26.6. The van der Waals surface area contributed by atoms with Gasteiger partial charge in [-0.05, 0) is 56.1 Å². The Morgan fingerprint density at radius 3 is 2.23 bits per heavy atom. The van der Waals surface area contributed by atoms with E-state index in [9.17, 15) is 0 Å². The molecule has 0 unspecified atom stereocenters. The van der Waals surface area contributed by atoms with E-state index >= 15 is 0 Å². The molecule has 0 bridgehead atoms. The molecule has 9 aromatic rings. The van der Waals surface area contributed by atoms with Gasteiger partial charge in [0.15, 0.2) is 0 Å². The van der Waals surface area contributed by atoms with E-state index in [4.69, 9.17) is 6.35 Å². The molecule has 0 amide bonds. The predicted octanol–water partition coefficient (Wildman–Crippen LogP) is 13.2. The number of aryl methyl sites for hydroxylation is 2. The number of benzene rings is 6. The summed E-state index contributed by atoms with van der Waals surface area (Å²) in [6, 6.07) is 45.5. The van der Waals surface area contributed by atoms with E-state index < -0.39 is 19.2 Å². The van der Waals surface area contributed by atoms with Crippen molar-refractivity contribution in [1.29, 1.82) is 0 Å². The minimum atomic E-state index is -1.77. The maximum absolute atomic E-state index is 8.55. The summed E-state index contributed by atoms with van der Waals surface area (Å²) in [6.45, 7) is 8.18. The Morgan fingerprint density at radius 1 is 0.717 bits per heavy atom. The maximum Gasteiger partial charge on any atom is 0.0346 e. The van der Waals surface area contributed by atoms with E-state index in [2.05, 4.69) is 139 Å². The van der Waals surface area contributed by atoms with E-state index in [1.807, 2.05) is 55.6 Å². The van der Waals surface area contributed by atoms with Crippen molar-refractivity contribution in [2.75, 3.05) is 0 Å². The molecule has 1 radical (unpaired) electrons. The van der Waals surface area contributed by atoms with Crippen molar-refractivity contribution >= 4 is 81.5 Å². The minimum absolute atomic E-state index is 0. The molecule has 6 aromatic carbocycles. The summed E-state index contributed by atoms with van der Waals surface area (Å²) in [5, 5.41) is 10.00. The fourth-order valence-electron chi connectivity index (χ4n) is 7.37. The Bertz CT molecular complexity index is 2830. The zero-order chi connectivity index (χ0) is 37.1. The molecule has 3 heterocycles. The Balaban J connectivity index is 0.000000211. The molecule has 3 aromatic heterocycles. The number of rotatable bonds is 4. The molecule has 0 aliphatic rings. The third-order valence-corrected chi connectivity index (χ3v) is 15.7. The fraction of sp³-hybridized carbons (Fsp3) is 0.167. The SMILES string of the molecule is Cc1cc(-c2[c-]cccc2)nc[c]1[Ge]([CH3])([CH3])[CH3].[2H]C(C)(C)c1ccnc(-c2[c-]c3ccccc3c3c2sc2c4ccc5cc(C)ccc5c4ccc23)c1.[Ir]. The molecule has 9 rings (SSSR count). The molecule has 0 aliphatic heterocycles. The summed E-state index contributed by atoms with van der Waals surface area (Å²) in [5.74, 6) is 6.51. The zero-order valence-corrected chi connectivity index (χ0v) is 36.5. The summed E-state index contributed by atoms with van der Waals surface area (Å²) in [4.78, 5) is 9.35. The smallest absolute Gasteiger partial charge is 0.0346 e. The molecular weight excluding hydrogens is 901 g/mol. The number of hydrogen-bond acceptors (Lipinski definition) is 3. The fourth-order valence-corrected chi connectivity index (χ4v) is 12.3. The van der Waals surface area contributed by atoms with Gasteiger partial charge in [0.2, 0.25) is 0 Å². The van der Waals surface area contributed by atoms with Crippen LogP contribution in [0.1, 0.15) is 37.8 Å². The Hall–Kier alpha value is -4.19. The first-order chi connectivity index (χ1) is 25.4. The number of hydrogen-bond donors (Lipinski definition) is 0. The van der Waals surface area contributed by atoms with Gasteiger partial charge in [-0.3, -0.25) is 4.98 Å². The third-order valence-electron chi connectivity index (χ3n) is 10.0. The van der Waals surface area contributed by atoms with E-state index in [0.29, 0.717) is 0 Å². The van der Waals surface area contributed by atoms with Crippen molar-refractivity contribution in [3.05, 3.63) is 150 Å². The van der Waals surface area contributed by atoms with Gasteiger partial charge in [-0.15, -0.1) is 17.5 Å². The summed E-state index contributed by atoms with van der Waals surface area (Å²) >= 11 is 0.0618. The van der Waals surface area contributed by atoms with E-state index in [1.165, 1.54) is 62.6 Å². The van der Waals surface area contributed by atoms with Crippen LogP contribution in [0, 0.1) is 26.0 Å². The van der Waals surface area contributed by atoms with Crippen LogP contribution in [0.5, 0.6) is 0 Å². The summed E-state index contributed by atoms with van der Waals surface area (Å²) in [6.07, 6.45) is 3.90. The van der Waals surface area contributed by atoms with Crippen molar-refractivity contribution in [3.8, 4) is 22.5 Å². The van der Waals surface area contributed by atoms with Crippen LogP contribution in [-0.4, -0.2) is 23.2 Å². The van der Waals surface area contributed by atoms with Crippen LogP contribution < -0.4 is 4.40 Å². The predicted molar refractivity (Wildman–Crippen MR) is 229 cm³/mol. The van der Waals surface area contributed by atoms with Gasteiger partial charge >= 0.3 is 106 Å². The maximum atomic E-state index is 8.55. The molecule has 2 nitrogen and oxygen atoms in total. The Morgan fingerprint density at radius 2 is 1.47 bits per heavy atom. The van der Waals surface area contributed by atoms with Crippen LogP contribution >= 0.6 is 11.3 Å². The largest absolute Gasteiger partial charge is 0.295 e. The molecule has 0 N–H and O–H groups in total. The van der Waals surface area contributed by atoms with Gasteiger partial charge in [0, 0.05) is 38.1 Å². The van der Waals surface area contributed by atoms with Gasteiger partial charge < -0.3 is 0 Å². The molecule has 0 saturated heterocycles. The number of aromatic nitrogens is 2. The van der Waals surface area contributed by atoms with Crippen LogP contribution in [0.2, 0.25) is 17.3 Å². The average molecular weight is 945 g/mol. The van der Waals surface area contributed by atoms with Gasteiger partial charge in [-0.1, -0.05) is 102 Å². The first-order valence-corrected chi connectivity index (χ1v) is 26.1. The first-order valence-electron chi connectivity index (χ1n) is 18.4. The van der Waals surface area contributed by atoms with Gasteiger partial charge in [0.05, 0.1) is 0 Å². The van der Waals surface area contributed by atoms with Gasteiger partial charge in [-0.2, -0.15) is 11.3 Å². The van der Waals surface area contributed by atoms with Crippen LogP contribution in [0.4, 0.5) is 0 Å². The van der Waals surface area contributed by atoms with Crippen molar-refractivity contribution < 1.29 is 21.5 Å².